The van der Waals surface area contributed by atoms with Crippen molar-refractivity contribution in [3.8, 4) is 0 Å². The smallest absolute Gasteiger partial charge is 0.242 e. The molecule has 1 aliphatic rings. The van der Waals surface area contributed by atoms with E-state index in [0.717, 1.165) is 19.3 Å². The molecule has 3 unspecified atom stereocenters. The molecule has 1 heterocycles. The predicted molar refractivity (Wildman–Crippen MR) is 66.2 cm³/mol. The fourth-order valence-electron chi connectivity index (χ4n) is 1.86. The first-order chi connectivity index (χ1) is 8.06. The lowest BCUT2D eigenvalue weighted by molar-refractivity contribution is -0.130. The zero-order valence-electron chi connectivity index (χ0n) is 10.7. The summed E-state index contributed by atoms with van der Waals surface area (Å²) in [5.41, 5.74) is 5.83. The van der Waals surface area contributed by atoms with Gasteiger partial charge in [-0.1, -0.05) is 20.3 Å². The van der Waals surface area contributed by atoms with Crippen molar-refractivity contribution >= 4 is 11.8 Å². The first-order valence-electron chi connectivity index (χ1n) is 6.40. The molecule has 1 aliphatic heterocycles. The Morgan fingerprint density at radius 3 is 2.94 bits per heavy atom. The number of nitrogens with one attached hydrogen (secondary N) is 2. The summed E-state index contributed by atoms with van der Waals surface area (Å²) in [6.07, 6.45) is 3.47. The molecule has 98 valence electrons. The van der Waals surface area contributed by atoms with Gasteiger partial charge in [-0.3, -0.25) is 9.59 Å². The molecule has 0 saturated carbocycles. The molecule has 1 rings (SSSR count). The van der Waals surface area contributed by atoms with Gasteiger partial charge in [-0.05, 0) is 25.2 Å². The van der Waals surface area contributed by atoms with Crippen molar-refractivity contribution in [2.45, 2.75) is 51.6 Å². The SMILES string of the molecule is CCC(C)C(N)C(=O)NC1CCCCNC1=O. The monoisotopic (exact) mass is 241 g/mol. The van der Waals surface area contributed by atoms with Crippen LogP contribution in [0.25, 0.3) is 0 Å². The molecule has 3 atom stereocenters. The number of hydrogen-bond acceptors (Lipinski definition) is 3. The van der Waals surface area contributed by atoms with Crippen LogP contribution >= 0.6 is 0 Å². The molecule has 0 aromatic carbocycles. The van der Waals surface area contributed by atoms with Gasteiger partial charge in [0.15, 0.2) is 0 Å². The van der Waals surface area contributed by atoms with E-state index in [4.69, 9.17) is 5.73 Å². The number of amides is 2. The van der Waals surface area contributed by atoms with Gasteiger partial charge in [0.2, 0.25) is 11.8 Å². The lowest BCUT2D eigenvalue weighted by Gasteiger charge is -2.21. The van der Waals surface area contributed by atoms with Crippen LogP contribution in [0.3, 0.4) is 0 Å². The molecule has 0 aromatic heterocycles. The van der Waals surface area contributed by atoms with Gasteiger partial charge in [0, 0.05) is 6.54 Å². The average molecular weight is 241 g/mol. The minimum atomic E-state index is -0.531. The highest BCUT2D eigenvalue weighted by Gasteiger charge is 2.26. The van der Waals surface area contributed by atoms with Gasteiger partial charge in [0.25, 0.3) is 0 Å². The topological polar surface area (TPSA) is 84.2 Å². The number of carbonyl (C=O) groups excluding carboxylic acids is 2. The zero-order chi connectivity index (χ0) is 12.8. The number of carbonyl (C=O) groups is 2. The lowest BCUT2D eigenvalue weighted by Crippen LogP contribution is -2.52. The third-order valence-corrected chi connectivity index (χ3v) is 3.41. The number of nitrogens with two attached hydrogens (primary N) is 1. The third kappa shape index (κ3) is 4.00. The van der Waals surface area contributed by atoms with E-state index in [9.17, 15) is 9.59 Å². The summed E-state index contributed by atoms with van der Waals surface area (Å²) in [6.45, 7) is 4.64. The fraction of sp³-hybridized carbons (Fsp3) is 0.833. The third-order valence-electron chi connectivity index (χ3n) is 3.41. The summed E-state index contributed by atoms with van der Waals surface area (Å²) in [5.74, 6) is -0.183. The lowest BCUT2D eigenvalue weighted by atomic mass is 9.99. The Labute approximate surface area is 103 Å². The highest BCUT2D eigenvalue weighted by atomic mass is 16.2. The van der Waals surface area contributed by atoms with E-state index >= 15 is 0 Å². The van der Waals surface area contributed by atoms with Crippen LogP contribution in [0.4, 0.5) is 0 Å². The average Bonchev–Trinajstić information content (AvgIpc) is 2.53. The summed E-state index contributed by atoms with van der Waals surface area (Å²) >= 11 is 0. The molecule has 0 aliphatic carbocycles. The minimum absolute atomic E-state index is 0.0906. The molecule has 0 bridgehead atoms. The molecule has 1 saturated heterocycles. The Morgan fingerprint density at radius 2 is 2.29 bits per heavy atom. The maximum absolute atomic E-state index is 11.9. The van der Waals surface area contributed by atoms with E-state index in [1.807, 2.05) is 13.8 Å². The molecule has 0 radical (unpaired) electrons. The van der Waals surface area contributed by atoms with Crippen LogP contribution in [0.15, 0.2) is 0 Å². The molecule has 0 aromatic rings. The second-order valence-corrected chi connectivity index (χ2v) is 4.76. The zero-order valence-corrected chi connectivity index (χ0v) is 10.7. The maximum atomic E-state index is 11.9. The van der Waals surface area contributed by atoms with E-state index < -0.39 is 12.1 Å². The minimum Gasteiger partial charge on any atom is -0.354 e. The van der Waals surface area contributed by atoms with E-state index in [2.05, 4.69) is 10.6 Å². The molecular formula is C12H23N3O2. The largest absolute Gasteiger partial charge is 0.354 e. The Balaban J connectivity index is 2.51. The van der Waals surface area contributed by atoms with Crippen LogP contribution in [0, 0.1) is 5.92 Å². The Kier molecular flexibility index (Phi) is 5.41. The maximum Gasteiger partial charge on any atom is 0.242 e. The molecular weight excluding hydrogens is 218 g/mol. The predicted octanol–water partition coefficient (Wildman–Crippen LogP) is 0.145. The van der Waals surface area contributed by atoms with Gasteiger partial charge >= 0.3 is 0 Å². The highest BCUT2D eigenvalue weighted by Crippen LogP contribution is 2.08. The first kappa shape index (κ1) is 14.0. The van der Waals surface area contributed by atoms with Crippen molar-refractivity contribution in [2.75, 3.05) is 6.54 Å². The van der Waals surface area contributed by atoms with Gasteiger partial charge < -0.3 is 16.4 Å². The first-order valence-corrected chi connectivity index (χ1v) is 6.40. The van der Waals surface area contributed by atoms with Gasteiger partial charge in [-0.25, -0.2) is 0 Å². The Hall–Kier alpha value is -1.10. The molecule has 17 heavy (non-hydrogen) atoms. The highest BCUT2D eigenvalue weighted by molar-refractivity contribution is 5.89. The van der Waals surface area contributed by atoms with Crippen LogP contribution in [-0.2, 0) is 9.59 Å². The second-order valence-electron chi connectivity index (χ2n) is 4.76. The summed E-state index contributed by atoms with van der Waals surface area (Å²) < 4.78 is 0. The summed E-state index contributed by atoms with van der Waals surface area (Å²) in [4.78, 5) is 23.5. The molecule has 5 nitrogen and oxygen atoms in total. The standard InChI is InChI=1S/C12H23N3O2/c1-3-8(2)10(13)12(17)15-9-6-4-5-7-14-11(9)16/h8-10H,3-7,13H2,1-2H3,(H,14,16)(H,15,17). The van der Waals surface area contributed by atoms with Crippen molar-refractivity contribution < 1.29 is 9.59 Å². The van der Waals surface area contributed by atoms with Crippen molar-refractivity contribution in [2.24, 2.45) is 11.7 Å². The van der Waals surface area contributed by atoms with Crippen molar-refractivity contribution in [3.05, 3.63) is 0 Å². The quantitative estimate of drug-likeness (QED) is 0.655. The van der Waals surface area contributed by atoms with Crippen molar-refractivity contribution in [1.29, 1.82) is 0 Å². The van der Waals surface area contributed by atoms with Crippen LogP contribution in [0.2, 0.25) is 0 Å². The van der Waals surface area contributed by atoms with Gasteiger partial charge in [0.05, 0.1) is 6.04 Å². The second kappa shape index (κ2) is 6.59. The molecule has 4 N–H and O–H groups in total. The van der Waals surface area contributed by atoms with E-state index in [-0.39, 0.29) is 17.7 Å². The molecule has 5 heteroatoms. The van der Waals surface area contributed by atoms with Crippen LogP contribution in [-0.4, -0.2) is 30.4 Å². The van der Waals surface area contributed by atoms with E-state index in [1.165, 1.54) is 0 Å². The molecule has 0 spiro atoms. The normalized spacial score (nSPS) is 24.4. The summed E-state index contributed by atoms with van der Waals surface area (Å²) in [6, 6.07) is -0.948. The van der Waals surface area contributed by atoms with Crippen molar-refractivity contribution in [3.63, 3.8) is 0 Å². The Bertz CT molecular complexity index is 281. The van der Waals surface area contributed by atoms with Gasteiger partial charge in [-0.15, -0.1) is 0 Å². The van der Waals surface area contributed by atoms with Crippen LogP contribution in [0.1, 0.15) is 39.5 Å². The van der Waals surface area contributed by atoms with Crippen LogP contribution in [0.5, 0.6) is 0 Å². The van der Waals surface area contributed by atoms with Crippen LogP contribution < -0.4 is 16.4 Å². The van der Waals surface area contributed by atoms with Gasteiger partial charge in [0.1, 0.15) is 6.04 Å². The van der Waals surface area contributed by atoms with Gasteiger partial charge in [-0.2, -0.15) is 0 Å². The number of rotatable bonds is 4. The Morgan fingerprint density at radius 1 is 1.59 bits per heavy atom. The summed E-state index contributed by atoms with van der Waals surface area (Å²) in [5, 5.41) is 5.54. The summed E-state index contributed by atoms with van der Waals surface area (Å²) in [7, 11) is 0. The molecule has 2 amide bonds. The molecule has 1 fully saturated rings. The number of hydrogen-bond donors (Lipinski definition) is 3. The fourth-order valence-corrected chi connectivity index (χ4v) is 1.86. The van der Waals surface area contributed by atoms with E-state index in [1.54, 1.807) is 0 Å². The van der Waals surface area contributed by atoms with Crippen molar-refractivity contribution in [1.82, 2.24) is 10.6 Å². The van der Waals surface area contributed by atoms with E-state index in [0.29, 0.717) is 13.0 Å².